The predicted molar refractivity (Wildman–Crippen MR) is 103 cm³/mol. The van der Waals surface area contributed by atoms with Crippen molar-refractivity contribution in [3.05, 3.63) is 77.0 Å². The quantitative estimate of drug-likeness (QED) is 0.569. The van der Waals surface area contributed by atoms with Gasteiger partial charge in [0, 0.05) is 0 Å². The van der Waals surface area contributed by atoms with E-state index in [1.54, 1.807) is 15.9 Å². The molecule has 2 aliphatic rings. The molecular formula is C22H24Si. The largest absolute Gasteiger partial charge is 0.113 e. The molecule has 0 saturated heterocycles. The molecule has 2 aromatic carbocycles. The van der Waals surface area contributed by atoms with E-state index in [-0.39, 0.29) is 0 Å². The van der Waals surface area contributed by atoms with E-state index in [1.807, 2.05) is 0 Å². The van der Waals surface area contributed by atoms with E-state index in [2.05, 4.69) is 81.1 Å². The highest BCUT2D eigenvalue weighted by Crippen LogP contribution is 2.40. The summed E-state index contributed by atoms with van der Waals surface area (Å²) >= 11 is 0. The predicted octanol–water partition coefficient (Wildman–Crippen LogP) is 5.38. The highest BCUT2D eigenvalue weighted by molar-refractivity contribution is 6.98. The number of benzene rings is 2. The minimum atomic E-state index is -1.67. The van der Waals surface area contributed by atoms with E-state index >= 15 is 0 Å². The fraction of sp³-hybridized carbons (Fsp3) is 0.273. The third-order valence-electron chi connectivity index (χ3n) is 6.00. The summed E-state index contributed by atoms with van der Waals surface area (Å²) in [6, 6.07) is 16.0. The molecule has 1 atom stereocenters. The van der Waals surface area contributed by atoms with Crippen molar-refractivity contribution in [2.45, 2.75) is 38.8 Å². The van der Waals surface area contributed by atoms with Crippen LogP contribution in [0.25, 0.3) is 11.1 Å². The Balaban J connectivity index is 1.91. The number of hydrogen-bond acceptors (Lipinski definition) is 0. The van der Waals surface area contributed by atoms with Crippen molar-refractivity contribution in [3.63, 3.8) is 0 Å². The van der Waals surface area contributed by atoms with Crippen molar-refractivity contribution in [1.82, 2.24) is 0 Å². The van der Waals surface area contributed by atoms with Crippen molar-refractivity contribution >= 4 is 13.3 Å². The smallest absolute Gasteiger partial charge is 0.0809 e. The van der Waals surface area contributed by atoms with Crippen molar-refractivity contribution in [1.29, 1.82) is 0 Å². The normalized spacial score (nSPS) is 17.8. The second kappa shape index (κ2) is 5.35. The molecule has 2 aliphatic carbocycles. The molecule has 0 fully saturated rings. The molecule has 23 heavy (non-hydrogen) atoms. The lowest BCUT2D eigenvalue weighted by Crippen LogP contribution is -2.51. The summed E-state index contributed by atoms with van der Waals surface area (Å²) in [5.41, 5.74) is 6.73. The fourth-order valence-electron chi connectivity index (χ4n) is 4.33. The van der Waals surface area contributed by atoms with Crippen molar-refractivity contribution in [2.75, 3.05) is 0 Å². The Morgan fingerprint density at radius 3 is 2.48 bits per heavy atom. The van der Waals surface area contributed by atoms with Crippen LogP contribution in [-0.4, -0.2) is 8.07 Å². The third-order valence-corrected chi connectivity index (χ3v) is 11.6. The second-order valence-corrected chi connectivity index (χ2v) is 12.1. The average Bonchev–Trinajstić information content (AvgIpc) is 3.21. The standard InChI is InChI=1S/C22H24Si/c1-16(2)23(3,18-10-5-6-11-18)22-14-8-13-20-19-12-7-4-9-17(19)15-21(20)22/h4-10,12-14,16H,11,15H2,1-3H3. The molecule has 1 heteroatoms. The van der Waals surface area contributed by atoms with Crippen molar-refractivity contribution in [2.24, 2.45) is 0 Å². The van der Waals surface area contributed by atoms with Crippen LogP contribution < -0.4 is 5.19 Å². The summed E-state index contributed by atoms with van der Waals surface area (Å²) in [4.78, 5) is 0. The highest BCUT2D eigenvalue weighted by Gasteiger charge is 2.40. The molecule has 0 saturated carbocycles. The van der Waals surface area contributed by atoms with Gasteiger partial charge in [0.25, 0.3) is 0 Å². The molecule has 0 amide bonds. The van der Waals surface area contributed by atoms with E-state index < -0.39 is 8.07 Å². The molecule has 4 rings (SSSR count). The maximum Gasteiger partial charge on any atom is 0.113 e. The van der Waals surface area contributed by atoms with Gasteiger partial charge in [-0.3, -0.25) is 0 Å². The molecule has 2 aromatic rings. The first-order chi connectivity index (χ1) is 11.1. The Labute approximate surface area is 140 Å². The SMILES string of the molecule is CC(C)[Si](C)(C1=CC=CC1)c1cccc2c1Cc1ccccc1-2. The van der Waals surface area contributed by atoms with E-state index in [0.717, 1.165) is 12.8 Å². The molecular weight excluding hydrogens is 292 g/mol. The molecule has 0 nitrogen and oxygen atoms in total. The van der Waals surface area contributed by atoms with E-state index in [0.29, 0.717) is 5.54 Å². The van der Waals surface area contributed by atoms with Gasteiger partial charge >= 0.3 is 0 Å². The molecule has 0 aliphatic heterocycles. The zero-order chi connectivity index (χ0) is 16.0. The van der Waals surface area contributed by atoms with Crippen LogP contribution in [0, 0.1) is 0 Å². The van der Waals surface area contributed by atoms with Gasteiger partial charge in [-0.25, -0.2) is 0 Å². The first-order valence-corrected chi connectivity index (χ1v) is 11.3. The van der Waals surface area contributed by atoms with Gasteiger partial charge in [0.2, 0.25) is 0 Å². The van der Waals surface area contributed by atoms with Crippen LogP contribution in [-0.2, 0) is 6.42 Å². The van der Waals surface area contributed by atoms with Gasteiger partial charge in [0.05, 0.1) is 0 Å². The minimum Gasteiger partial charge on any atom is -0.0809 e. The van der Waals surface area contributed by atoms with E-state index in [4.69, 9.17) is 0 Å². The second-order valence-electron chi connectivity index (χ2n) is 7.35. The van der Waals surface area contributed by atoms with E-state index in [1.165, 1.54) is 16.7 Å². The lowest BCUT2D eigenvalue weighted by atomic mass is 10.1. The summed E-state index contributed by atoms with van der Waals surface area (Å²) in [5, 5.41) is 3.35. The Bertz CT molecular complexity index is 826. The fourth-order valence-corrected chi connectivity index (χ4v) is 8.32. The Hall–Kier alpha value is -1.86. The summed E-state index contributed by atoms with van der Waals surface area (Å²) in [6.45, 7) is 7.43. The molecule has 0 N–H and O–H groups in total. The number of allylic oxidation sites excluding steroid dienone is 4. The van der Waals surface area contributed by atoms with Gasteiger partial charge < -0.3 is 0 Å². The van der Waals surface area contributed by atoms with Gasteiger partial charge in [-0.1, -0.05) is 91.5 Å². The minimum absolute atomic E-state index is 0.712. The van der Waals surface area contributed by atoms with Gasteiger partial charge in [-0.15, -0.1) is 0 Å². The lowest BCUT2D eigenvalue weighted by Gasteiger charge is -2.35. The summed E-state index contributed by atoms with van der Waals surface area (Å²) < 4.78 is 0. The van der Waals surface area contributed by atoms with Gasteiger partial charge in [-0.05, 0) is 40.6 Å². The summed E-state index contributed by atoms with van der Waals surface area (Å²) in [7, 11) is -1.67. The first kappa shape index (κ1) is 14.7. The van der Waals surface area contributed by atoms with Gasteiger partial charge in [0.1, 0.15) is 8.07 Å². The first-order valence-electron chi connectivity index (χ1n) is 8.69. The molecule has 116 valence electrons. The lowest BCUT2D eigenvalue weighted by molar-refractivity contribution is 1.01. The topological polar surface area (TPSA) is 0 Å². The number of fused-ring (bicyclic) bond motifs is 3. The monoisotopic (exact) mass is 316 g/mol. The van der Waals surface area contributed by atoms with Crippen LogP contribution in [0.2, 0.25) is 12.1 Å². The zero-order valence-corrected chi connectivity index (χ0v) is 15.3. The maximum absolute atomic E-state index is 2.58. The number of hydrogen-bond donors (Lipinski definition) is 0. The molecule has 0 spiro atoms. The van der Waals surface area contributed by atoms with Gasteiger partial charge in [-0.2, -0.15) is 0 Å². The number of rotatable bonds is 3. The van der Waals surface area contributed by atoms with Crippen molar-refractivity contribution in [3.8, 4) is 11.1 Å². The molecule has 0 radical (unpaired) electrons. The molecule has 0 heterocycles. The third kappa shape index (κ3) is 2.10. The Kier molecular flexibility index (Phi) is 3.42. The van der Waals surface area contributed by atoms with Gasteiger partial charge in [0.15, 0.2) is 0 Å². The Morgan fingerprint density at radius 1 is 0.957 bits per heavy atom. The van der Waals surface area contributed by atoms with Crippen LogP contribution in [0.1, 0.15) is 31.4 Å². The average molecular weight is 317 g/mol. The maximum atomic E-state index is 2.58. The molecule has 1 unspecified atom stereocenters. The van der Waals surface area contributed by atoms with Crippen LogP contribution in [0.5, 0.6) is 0 Å². The summed E-state index contributed by atoms with van der Waals surface area (Å²) in [5.74, 6) is 0. The van der Waals surface area contributed by atoms with Crippen molar-refractivity contribution < 1.29 is 0 Å². The van der Waals surface area contributed by atoms with Crippen LogP contribution in [0.3, 0.4) is 0 Å². The molecule has 0 aromatic heterocycles. The van der Waals surface area contributed by atoms with E-state index in [9.17, 15) is 0 Å². The zero-order valence-electron chi connectivity index (χ0n) is 14.3. The van der Waals surface area contributed by atoms with Crippen LogP contribution in [0.4, 0.5) is 0 Å². The van der Waals surface area contributed by atoms with Crippen LogP contribution >= 0.6 is 0 Å². The molecule has 0 bridgehead atoms. The highest BCUT2D eigenvalue weighted by atomic mass is 28.3. The summed E-state index contributed by atoms with van der Waals surface area (Å²) in [6.07, 6.45) is 9.23. The van der Waals surface area contributed by atoms with Crippen LogP contribution in [0.15, 0.2) is 65.9 Å². The Morgan fingerprint density at radius 2 is 1.74 bits per heavy atom.